The number of carbonyl (C=O) groups is 1. The fourth-order valence-corrected chi connectivity index (χ4v) is 4.71. The number of rotatable bonds is 9. The standard InChI is InChI=1S/C23H22BrClN2O4S/c1-2-31-21-11-9-20(10-12-21)26-23(28)16-27(15-17-3-7-19(25)8-4-17)32(29,30)22-13-5-18(24)6-14-22/h3-14H,2,15-16H2,1H3,(H,26,28). The van der Waals surface area contributed by atoms with Crippen LogP contribution in [-0.4, -0.2) is 31.8 Å². The molecule has 0 aliphatic rings. The van der Waals surface area contributed by atoms with Gasteiger partial charge in [-0.05, 0) is 73.2 Å². The Bertz CT molecular complexity index is 1150. The highest BCUT2D eigenvalue weighted by Gasteiger charge is 2.27. The molecule has 0 unspecified atom stereocenters. The van der Waals surface area contributed by atoms with E-state index in [4.69, 9.17) is 16.3 Å². The van der Waals surface area contributed by atoms with Crippen molar-refractivity contribution in [2.45, 2.75) is 18.4 Å². The summed E-state index contributed by atoms with van der Waals surface area (Å²) >= 11 is 9.25. The molecule has 0 saturated carbocycles. The van der Waals surface area contributed by atoms with E-state index in [1.165, 1.54) is 12.1 Å². The molecule has 3 rings (SSSR count). The van der Waals surface area contributed by atoms with E-state index in [2.05, 4.69) is 21.2 Å². The van der Waals surface area contributed by atoms with Crippen LogP contribution in [0.2, 0.25) is 5.02 Å². The second kappa shape index (κ2) is 11.0. The fraction of sp³-hybridized carbons (Fsp3) is 0.174. The lowest BCUT2D eigenvalue weighted by Crippen LogP contribution is -2.37. The third kappa shape index (κ3) is 6.56. The fourth-order valence-electron chi connectivity index (χ4n) is 2.94. The maximum absolute atomic E-state index is 13.3. The highest BCUT2D eigenvalue weighted by molar-refractivity contribution is 9.10. The van der Waals surface area contributed by atoms with Gasteiger partial charge in [0.2, 0.25) is 15.9 Å². The molecule has 6 nitrogen and oxygen atoms in total. The lowest BCUT2D eigenvalue weighted by atomic mass is 10.2. The number of sulfonamides is 1. The number of ether oxygens (including phenoxy) is 1. The van der Waals surface area contributed by atoms with Gasteiger partial charge in [-0.15, -0.1) is 0 Å². The summed E-state index contributed by atoms with van der Waals surface area (Å²) in [5.41, 5.74) is 1.26. The van der Waals surface area contributed by atoms with Crippen LogP contribution in [0.25, 0.3) is 0 Å². The van der Waals surface area contributed by atoms with E-state index in [-0.39, 0.29) is 18.0 Å². The number of carbonyl (C=O) groups excluding carboxylic acids is 1. The third-order valence-corrected chi connectivity index (χ3v) is 7.08. The van der Waals surface area contributed by atoms with Gasteiger partial charge < -0.3 is 10.1 Å². The van der Waals surface area contributed by atoms with Crippen LogP contribution in [-0.2, 0) is 21.4 Å². The van der Waals surface area contributed by atoms with E-state index in [1.807, 2.05) is 6.92 Å². The number of nitrogens with zero attached hydrogens (tertiary/aromatic N) is 1. The summed E-state index contributed by atoms with van der Waals surface area (Å²) in [6, 6.07) is 20.0. The van der Waals surface area contributed by atoms with Crippen molar-refractivity contribution in [2.24, 2.45) is 0 Å². The molecule has 3 aromatic carbocycles. The molecular weight excluding hydrogens is 516 g/mol. The lowest BCUT2D eigenvalue weighted by Gasteiger charge is -2.22. The summed E-state index contributed by atoms with van der Waals surface area (Å²) in [6.07, 6.45) is 0. The zero-order valence-electron chi connectivity index (χ0n) is 17.3. The number of anilines is 1. The van der Waals surface area contributed by atoms with Crippen LogP contribution in [0, 0.1) is 0 Å². The maximum atomic E-state index is 13.3. The number of hydrogen-bond donors (Lipinski definition) is 1. The zero-order valence-corrected chi connectivity index (χ0v) is 20.5. The second-order valence-corrected chi connectivity index (χ2v) is 10.1. The first kappa shape index (κ1) is 24.3. The van der Waals surface area contributed by atoms with Crippen molar-refractivity contribution in [2.75, 3.05) is 18.5 Å². The molecule has 0 atom stereocenters. The number of amides is 1. The summed E-state index contributed by atoms with van der Waals surface area (Å²) < 4.78 is 33.9. The summed E-state index contributed by atoms with van der Waals surface area (Å²) in [7, 11) is -3.93. The highest BCUT2D eigenvalue weighted by Crippen LogP contribution is 2.22. The van der Waals surface area contributed by atoms with Crippen molar-refractivity contribution in [1.29, 1.82) is 0 Å². The number of halogens is 2. The molecule has 9 heteroatoms. The van der Waals surface area contributed by atoms with Crippen molar-refractivity contribution >= 4 is 49.1 Å². The average molecular weight is 538 g/mol. The van der Waals surface area contributed by atoms with Crippen LogP contribution in [0.3, 0.4) is 0 Å². The Hall–Kier alpha value is -2.39. The zero-order chi connectivity index (χ0) is 23.1. The van der Waals surface area contributed by atoms with Crippen molar-refractivity contribution < 1.29 is 17.9 Å². The van der Waals surface area contributed by atoms with Gasteiger partial charge in [-0.1, -0.05) is 39.7 Å². The topological polar surface area (TPSA) is 75.7 Å². The predicted molar refractivity (Wildman–Crippen MR) is 129 cm³/mol. The number of hydrogen-bond acceptors (Lipinski definition) is 4. The maximum Gasteiger partial charge on any atom is 0.243 e. The Morgan fingerprint density at radius 1 is 1.00 bits per heavy atom. The van der Waals surface area contributed by atoms with Crippen molar-refractivity contribution in [3.63, 3.8) is 0 Å². The summed E-state index contributed by atoms with van der Waals surface area (Å²) in [5, 5.41) is 3.29. The van der Waals surface area contributed by atoms with Crippen molar-refractivity contribution in [1.82, 2.24) is 4.31 Å². The molecule has 0 spiro atoms. The molecule has 0 radical (unpaired) electrons. The molecule has 0 bridgehead atoms. The smallest absolute Gasteiger partial charge is 0.243 e. The molecule has 0 aliphatic heterocycles. The van der Waals surface area contributed by atoms with Crippen LogP contribution >= 0.6 is 27.5 Å². The van der Waals surface area contributed by atoms with Gasteiger partial charge in [0.05, 0.1) is 18.0 Å². The summed E-state index contributed by atoms with van der Waals surface area (Å²) in [6.45, 7) is 2.09. The first-order chi connectivity index (χ1) is 15.3. The van der Waals surface area contributed by atoms with E-state index in [0.717, 1.165) is 8.78 Å². The van der Waals surface area contributed by atoms with Crippen LogP contribution in [0.15, 0.2) is 82.2 Å². The Balaban J connectivity index is 1.81. The quantitative estimate of drug-likeness (QED) is 0.400. The molecule has 3 aromatic rings. The van der Waals surface area contributed by atoms with Gasteiger partial charge >= 0.3 is 0 Å². The van der Waals surface area contributed by atoms with E-state index in [9.17, 15) is 13.2 Å². The van der Waals surface area contributed by atoms with Gasteiger partial charge in [-0.3, -0.25) is 4.79 Å². The first-order valence-electron chi connectivity index (χ1n) is 9.81. The number of nitrogens with one attached hydrogen (secondary N) is 1. The Morgan fingerprint density at radius 2 is 1.62 bits per heavy atom. The van der Waals surface area contributed by atoms with Crippen LogP contribution in [0.1, 0.15) is 12.5 Å². The molecule has 0 heterocycles. The molecule has 168 valence electrons. The highest BCUT2D eigenvalue weighted by atomic mass is 79.9. The second-order valence-electron chi connectivity index (χ2n) is 6.86. The van der Waals surface area contributed by atoms with Crippen molar-refractivity contribution in [3.05, 3.63) is 87.9 Å². The molecule has 32 heavy (non-hydrogen) atoms. The molecular formula is C23H22BrClN2O4S. The molecule has 0 fully saturated rings. The molecule has 0 saturated heterocycles. The van der Waals surface area contributed by atoms with Gasteiger partial charge in [0.15, 0.2) is 0 Å². The minimum absolute atomic E-state index is 0.0201. The third-order valence-electron chi connectivity index (χ3n) is 4.49. The first-order valence-corrected chi connectivity index (χ1v) is 12.4. The Kier molecular flexibility index (Phi) is 8.31. The molecule has 1 N–H and O–H groups in total. The minimum atomic E-state index is -3.93. The minimum Gasteiger partial charge on any atom is -0.494 e. The summed E-state index contributed by atoms with van der Waals surface area (Å²) in [5.74, 6) is 0.233. The lowest BCUT2D eigenvalue weighted by molar-refractivity contribution is -0.116. The normalized spacial score (nSPS) is 11.4. The van der Waals surface area contributed by atoms with E-state index >= 15 is 0 Å². The Labute approximate surface area is 201 Å². The van der Waals surface area contributed by atoms with Crippen LogP contribution < -0.4 is 10.1 Å². The molecule has 0 aromatic heterocycles. The molecule has 0 aliphatic carbocycles. The van der Waals surface area contributed by atoms with E-state index in [0.29, 0.717) is 28.6 Å². The van der Waals surface area contributed by atoms with Gasteiger partial charge in [-0.2, -0.15) is 4.31 Å². The van der Waals surface area contributed by atoms with Crippen molar-refractivity contribution in [3.8, 4) is 5.75 Å². The SMILES string of the molecule is CCOc1ccc(NC(=O)CN(Cc2ccc(Cl)cc2)S(=O)(=O)c2ccc(Br)cc2)cc1. The predicted octanol–water partition coefficient (Wildman–Crippen LogP) is 5.33. The van der Waals surface area contributed by atoms with Gasteiger partial charge in [0.25, 0.3) is 0 Å². The van der Waals surface area contributed by atoms with Crippen LogP contribution in [0.4, 0.5) is 5.69 Å². The summed E-state index contributed by atoms with van der Waals surface area (Å²) in [4.78, 5) is 12.8. The number of benzene rings is 3. The largest absolute Gasteiger partial charge is 0.494 e. The van der Waals surface area contributed by atoms with Gasteiger partial charge in [0.1, 0.15) is 5.75 Å². The van der Waals surface area contributed by atoms with Gasteiger partial charge in [0, 0.05) is 21.7 Å². The van der Waals surface area contributed by atoms with Gasteiger partial charge in [-0.25, -0.2) is 8.42 Å². The molecule has 1 amide bonds. The van der Waals surface area contributed by atoms with E-state index < -0.39 is 15.9 Å². The monoisotopic (exact) mass is 536 g/mol. The average Bonchev–Trinajstić information content (AvgIpc) is 2.76. The van der Waals surface area contributed by atoms with E-state index in [1.54, 1.807) is 60.7 Å². The van der Waals surface area contributed by atoms with Crippen LogP contribution in [0.5, 0.6) is 5.75 Å². The Morgan fingerprint density at radius 3 is 2.22 bits per heavy atom.